The molecule has 28 heavy (non-hydrogen) atoms. The van der Waals surface area contributed by atoms with E-state index in [-0.39, 0.29) is 19.1 Å². The molecule has 0 unspecified atom stereocenters. The molecule has 4 rings (SSSR count). The van der Waals surface area contributed by atoms with Crippen LogP contribution in [0.1, 0.15) is 12.8 Å². The van der Waals surface area contributed by atoms with Crippen molar-refractivity contribution in [3.8, 4) is 16.5 Å². The lowest BCUT2D eigenvalue weighted by atomic mass is 10.1. The summed E-state index contributed by atoms with van der Waals surface area (Å²) in [5.41, 5.74) is 0. The predicted octanol–water partition coefficient (Wildman–Crippen LogP) is 4.38. The van der Waals surface area contributed by atoms with Crippen LogP contribution in [0.4, 0.5) is 0 Å². The molecular formula is C21H19N3O3S. The summed E-state index contributed by atoms with van der Waals surface area (Å²) in [5, 5.41) is 8.15. The first-order valence-electron chi connectivity index (χ1n) is 8.99. The number of likely N-dealkylation sites (N-methyl/N-ethyl adjacent to an activating group) is 1. The number of carbonyl (C=O) groups excluding carboxylic acids is 1. The molecular weight excluding hydrogens is 374 g/mol. The minimum absolute atomic E-state index is 0.0436. The Kier molecular flexibility index (Phi) is 5.34. The summed E-state index contributed by atoms with van der Waals surface area (Å²) in [6.07, 6.45) is 0. The van der Waals surface area contributed by atoms with Crippen molar-refractivity contribution in [2.75, 3.05) is 13.2 Å². The number of nitrogens with zero attached hydrogens (tertiary/aromatic N) is 3. The first-order valence-corrected chi connectivity index (χ1v) is 9.86. The molecule has 2 aromatic carbocycles. The number of benzene rings is 2. The second-order valence-electron chi connectivity index (χ2n) is 6.19. The third kappa shape index (κ3) is 4.04. The zero-order chi connectivity index (χ0) is 19.3. The van der Waals surface area contributed by atoms with Crippen molar-refractivity contribution in [1.82, 2.24) is 15.0 Å². The molecule has 0 aliphatic carbocycles. The van der Waals surface area contributed by atoms with E-state index in [1.54, 1.807) is 16.2 Å². The van der Waals surface area contributed by atoms with Crippen LogP contribution in [0.15, 0.2) is 64.5 Å². The van der Waals surface area contributed by atoms with Crippen molar-refractivity contribution in [3.05, 3.63) is 65.9 Å². The molecule has 0 aliphatic rings. The first kappa shape index (κ1) is 18.2. The van der Waals surface area contributed by atoms with Crippen LogP contribution in [0.3, 0.4) is 0 Å². The van der Waals surface area contributed by atoms with Gasteiger partial charge in [-0.3, -0.25) is 4.79 Å². The summed E-state index contributed by atoms with van der Waals surface area (Å²) < 4.78 is 11.0. The molecule has 4 aromatic rings. The van der Waals surface area contributed by atoms with E-state index in [2.05, 4.69) is 10.1 Å². The molecule has 0 bridgehead atoms. The zero-order valence-corrected chi connectivity index (χ0v) is 16.2. The van der Waals surface area contributed by atoms with E-state index in [4.69, 9.17) is 9.26 Å². The summed E-state index contributed by atoms with van der Waals surface area (Å²) in [6, 6.07) is 17.7. The maximum atomic E-state index is 12.6. The Bertz CT molecular complexity index is 1080. The SMILES string of the molecule is CCN(Cc1nc(-c2cccs2)no1)C(=O)COc1ccc2ccccc2c1. The highest BCUT2D eigenvalue weighted by atomic mass is 32.1. The van der Waals surface area contributed by atoms with Gasteiger partial charge in [0.2, 0.25) is 11.7 Å². The van der Waals surface area contributed by atoms with Gasteiger partial charge in [-0.2, -0.15) is 4.98 Å². The predicted molar refractivity (Wildman–Crippen MR) is 108 cm³/mol. The van der Waals surface area contributed by atoms with Gasteiger partial charge >= 0.3 is 0 Å². The third-order valence-corrected chi connectivity index (χ3v) is 5.22. The van der Waals surface area contributed by atoms with E-state index >= 15 is 0 Å². The fourth-order valence-corrected chi connectivity index (χ4v) is 3.51. The number of thiophene rings is 1. The Balaban J connectivity index is 1.38. The Labute approximate surface area is 166 Å². The Morgan fingerprint density at radius 1 is 1.14 bits per heavy atom. The highest BCUT2D eigenvalue weighted by Crippen LogP contribution is 2.22. The summed E-state index contributed by atoms with van der Waals surface area (Å²) >= 11 is 1.54. The van der Waals surface area contributed by atoms with Gasteiger partial charge in [-0.15, -0.1) is 11.3 Å². The van der Waals surface area contributed by atoms with Crippen molar-refractivity contribution >= 4 is 28.0 Å². The minimum Gasteiger partial charge on any atom is -0.484 e. The minimum atomic E-state index is -0.133. The largest absolute Gasteiger partial charge is 0.484 e. The van der Waals surface area contributed by atoms with Crippen LogP contribution in [0.25, 0.3) is 21.5 Å². The van der Waals surface area contributed by atoms with Gasteiger partial charge in [0.05, 0.1) is 4.88 Å². The van der Waals surface area contributed by atoms with E-state index in [1.807, 2.05) is 66.9 Å². The molecule has 142 valence electrons. The van der Waals surface area contributed by atoms with Gasteiger partial charge in [0.25, 0.3) is 5.91 Å². The summed E-state index contributed by atoms with van der Waals surface area (Å²) in [4.78, 5) is 19.5. The van der Waals surface area contributed by atoms with E-state index in [0.29, 0.717) is 24.0 Å². The van der Waals surface area contributed by atoms with Crippen molar-refractivity contribution in [2.45, 2.75) is 13.5 Å². The molecule has 1 amide bonds. The van der Waals surface area contributed by atoms with Crippen LogP contribution in [0.2, 0.25) is 0 Å². The lowest BCUT2D eigenvalue weighted by Crippen LogP contribution is -2.34. The molecule has 2 aromatic heterocycles. The number of aromatic nitrogens is 2. The lowest BCUT2D eigenvalue weighted by Gasteiger charge is -2.19. The average Bonchev–Trinajstić information content (AvgIpc) is 3.41. The number of fused-ring (bicyclic) bond motifs is 1. The number of amides is 1. The van der Waals surface area contributed by atoms with Crippen LogP contribution >= 0.6 is 11.3 Å². The van der Waals surface area contributed by atoms with Gasteiger partial charge in [-0.25, -0.2) is 0 Å². The zero-order valence-electron chi connectivity index (χ0n) is 15.4. The van der Waals surface area contributed by atoms with Crippen molar-refractivity contribution < 1.29 is 14.1 Å². The molecule has 0 atom stereocenters. The molecule has 0 saturated carbocycles. The number of hydrogen-bond acceptors (Lipinski definition) is 6. The molecule has 0 spiro atoms. The number of hydrogen-bond donors (Lipinski definition) is 0. The molecule has 0 fully saturated rings. The van der Waals surface area contributed by atoms with Crippen LogP contribution in [0.5, 0.6) is 5.75 Å². The highest BCUT2D eigenvalue weighted by Gasteiger charge is 2.17. The van der Waals surface area contributed by atoms with Gasteiger partial charge in [0.1, 0.15) is 12.3 Å². The maximum absolute atomic E-state index is 12.6. The Morgan fingerprint density at radius 3 is 2.79 bits per heavy atom. The second kappa shape index (κ2) is 8.22. The average molecular weight is 393 g/mol. The summed E-state index contributed by atoms with van der Waals surface area (Å²) in [6.45, 7) is 2.65. The van der Waals surface area contributed by atoms with Gasteiger partial charge < -0.3 is 14.2 Å². The number of ether oxygens (including phenoxy) is 1. The van der Waals surface area contributed by atoms with Crippen molar-refractivity contribution in [1.29, 1.82) is 0 Å². The topological polar surface area (TPSA) is 68.5 Å². The molecule has 0 N–H and O–H groups in total. The molecule has 0 saturated heterocycles. The fraction of sp³-hybridized carbons (Fsp3) is 0.190. The third-order valence-electron chi connectivity index (χ3n) is 4.35. The van der Waals surface area contributed by atoms with E-state index in [1.165, 1.54) is 0 Å². The van der Waals surface area contributed by atoms with E-state index < -0.39 is 0 Å². The normalized spacial score (nSPS) is 10.9. The monoisotopic (exact) mass is 393 g/mol. The highest BCUT2D eigenvalue weighted by molar-refractivity contribution is 7.13. The lowest BCUT2D eigenvalue weighted by molar-refractivity contribution is -0.134. The van der Waals surface area contributed by atoms with Crippen LogP contribution in [-0.4, -0.2) is 34.1 Å². The Morgan fingerprint density at radius 2 is 2.00 bits per heavy atom. The van der Waals surface area contributed by atoms with Crippen LogP contribution in [0, 0.1) is 0 Å². The number of rotatable bonds is 7. The summed E-state index contributed by atoms with van der Waals surface area (Å²) in [5.74, 6) is 1.48. The number of carbonyl (C=O) groups is 1. The van der Waals surface area contributed by atoms with Gasteiger partial charge in [0.15, 0.2) is 6.61 Å². The van der Waals surface area contributed by atoms with Gasteiger partial charge in [0, 0.05) is 6.54 Å². The van der Waals surface area contributed by atoms with Gasteiger partial charge in [-0.1, -0.05) is 41.6 Å². The fourth-order valence-electron chi connectivity index (χ4n) is 2.86. The maximum Gasteiger partial charge on any atom is 0.260 e. The molecule has 7 heteroatoms. The quantitative estimate of drug-likeness (QED) is 0.466. The molecule has 2 heterocycles. The molecule has 0 radical (unpaired) electrons. The molecule has 6 nitrogen and oxygen atoms in total. The standard InChI is InChI=1S/C21H19N3O3S/c1-2-24(13-19-22-21(23-27-19)18-8-5-11-28-18)20(25)14-26-17-10-9-15-6-3-4-7-16(15)12-17/h3-12H,2,13-14H2,1H3. The van der Waals surface area contributed by atoms with Crippen LogP contribution < -0.4 is 4.74 Å². The first-order chi connectivity index (χ1) is 13.7. The van der Waals surface area contributed by atoms with Crippen molar-refractivity contribution in [2.24, 2.45) is 0 Å². The van der Waals surface area contributed by atoms with E-state index in [0.717, 1.165) is 15.6 Å². The smallest absolute Gasteiger partial charge is 0.260 e. The summed E-state index contributed by atoms with van der Waals surface area (Å²) in [7, 11) is 0. The van der Waals surface area contributed by atoms with E-state index in [9.17, 15) is 4.79 Å². The second-order valence-corrected chi connectivity index (χ2v) is 7.14. The van der Waals surface area contributed by atoms with Gasteiger partial charge in [-0.05, 0) is 41.3 Å². The molecule has 0 aliphatic heterocycles. The van der Waals surface area contributed by atoms with Crippen LogP contribution in [-0.2, 0) is 11.3 Å². The Hall–Kier alpha value is -3.19. The van der Waals surface area contributed by atoms with Crippen molar-refractivity contribution in [3.63, 3.8) is 0 Å².